The summed E-state index contributed by atoms with van der Waals surface area (Å²) in [6.45, 7) is 3.73. The van der Waals surface area contributed by atoms with Crippen LogP contribution < -0.4 is 5.73 Å². The Bertz CT molecular complexity index is 722. The van der Waals surface area contributed by atoms with Crippen molar-refractivity contribution in [2.75, 3.05) is 6.26 Å². The molecular formula is C13H13N5OS. The largest absolute Gasteiger partial charge is 0.364 e. The van der Waals surface area contributed by atoms with E-state index in [1.807, 2.05) is 12.5 Å². The molecule has 102 valence electrons. The Morgan fingerprint density at radius 3 is 3.00 bits per heavy atom. The number of fused-ring (bicyclic) bond motifs is 3. The molecule has 0 atom stereocenters. The first kappa shape index (κ1) is 12.9. The molecule has 1 amide bonds. The van der Waals surface area contributed by atoms with Crippen LogP contribution >= 0.6 is 11.8 Å². The van der Waals surface area contributed by atoms with Gasteiger partial charge in [0, 0.05) is 18.0 Å². The van der Waals surface area contributed by atoms with Gasteiger partial charge < -0.3 is 5.73 Å². The van der Waals surface area contributed by atoms with E-state index in [2.05, 4.69) is 21.6 Å². The number of primary amides is 1. The van der Waals surface area contributed by atoms with Gasteiger partial charge in [-0.2, -0.15) is 5.10 Å². The third-order valence-electron chi connectivity index (χ3n) is 3.31. The summed E-state index contributed by atoms with van der Waals surface area (Å²) in [5.41, 5.74) is 9.20. The quantitative estimate of drug-likeness (QED) is 0.680. The summed E-state index contributed by atoms with van der Waals surface area (Å²) in [6.07, 6.45) is 6.80. The van der Waals surface area contributed by atoms with Crippen LogP contribution in [0.3, 0.4) is 0 Å². The van der Waals surface area contributed by atoms with E-state index in [0.717, 1.165) is 28.9 Å². The lowest BCUT2D eigenvalue weighted by atomic mass is 9.93. The average molecular weight is 287 g/mol. The molecule has 0 spiro atoms. The minimum atomic E-state index is -0.524. The number of nitrogens with two attached hydrogens (primary N) is 1. The molecule has 2 aromatic heterocycles. The summed E-state index contributed by atoms with van der Waals surface area (Å²) in [7, 11) is 0. The maximum atomic E-state index is 11.5. The van der Waals surface area contributed by atoms with Gasteiger partial charge in [-0.1, -0.05) is 18.3 Å². The number of hydrogen-bond donors (Lipinski definition) is 1. The summed E-state index contributed by atoms with van der Waals surface area (Å²) in [6, 6.07) is 0. The van der Waals surface area contributed by atoms with Crippen LogP contribution in [0.5, 0.6) is 0 Å². The second-order valence-electron chi connectivity index (χ2n) is 4.40. The summed E-state index contributed by atoms with van der Waals surface area (Å²) < 4.78 is 1.57. The first-order chi connectivity index (χ1) is 9.65. The zero-order chi connectivity index (χ0) is 14.3. The van der Waals surface area contributed by atoms with E-state index in [9.17, 15) is 4.79 Å². The van der Waals surface area contributed by atoms with Crippen molar-refractivity contribution in [2.45, 2.75) is 18.0 Å². The number of aromatic nitrogens is 4. The highest BCUT2D eigenvalue weighted by Gasteiger charge is 2.28. The Hall–Kier alpha value is -2.15. The van der Waals surface area contributed by atoms with Crippen molar-refractivity contribution in [3.8, 4) is 11.4 Å². The highest BCUT2D eigenvalue weighted by molar-refractivity contribution is 7.98. The van der Waals surface area contributed by atoms with E-state index in [1.165, 1.54) is 11.8 Å². The van der Waals surface area contributed by atoms with Gasteiger partial charge in [-0.25, -0.2) is 14.6 Å². The molecule has 0 aliphatic heterocycles. The molecule has 0 unspecified atom stereocenters. The van der Waals surface area contributed by atoms with Crippen LogP contribution in [-0.2, 0) is 12.8 Å². The fraction of sp³-hybridized carbons (Fsp3) is 0.231. The van der Waals surface area contributed by atoms with Crippen molar-refractivity contribution in [3.05, 3.63) is 29.6 Å². The smallest absolute Gasteiger partial charge is 0.269 e. The summed E-state index contributed by atoms with van der Waals surface area (Å²) in [5, 5.41) is 4.91. The van der Waals surface area contributed by atoms with E-state index in [1.54, 1.807) is 10.9 Å². The number of thioether (sulfide) groups is 1. The second-order valence-corrected chi connectivity index (χ2v) is 5.17. The minimum Gasteiger partial charge on any atom is -0.364 e. The highest BCUT2D eigenvalue weighted by atomic mass is 32.2. The Morgan fingerprint density at radius 2 is 2.35 bits per heavy atom. The maximum absolute atomic E-state index is 11.5. The standard InChI is InChI=1S/C13H13N5OS/c1-3-18-11-8(10(17-18)12(14)19)5-4-7-6-15-13(20-2)16-9(7)11/h3,6H,1,4-5H2,2H3,(H2,14,19). The number of carbonyl (C=O) groups is 1. The summed E-state index contributed by atoms with van der Waals surface area (Å²) in [5.74, 6) is -0.524. The number of carbonyl (C=O) groups excluding carboxylic acids is 1. The molecule has 2 aromatic rings. The first-order valence-electron chi connectivity index (χ1n) is 6.09. The van der Waals surface area contributed by atoms with Crippen LogP contribution in [0.2, 0.25) is 0 Å². The Balaban J connectivity index is 2.29. The normalized spacial score (nSPS) is 12.7. The molecule has 2 N–H and O–H groups in total. The summed E-state index contributed by atoms with van der Waals surface area (Å²) >= 11 is 1.47. The third kappa shape index (κ3) is 1.82. The molecule has 0 saturated carbocycles. The van der Waals surface area contributed by atoms with Crippen LogP contribution in [0.1, 0.15) is 21.6 Å². The maximum Gasteiger partial charge on any atom is 0.269 e. The van der Waals surface area contributed by atoms with E-state index < -0.39 is 5.91 Å². The van der Waals surface area contributed by atoms with Crippen molar-refractivity contribution in [2.24, 2.45) is 5.73 Å². The molecule has 1 aliphatic carbocycles. The van der Waals surface area contributed by atoms with Gasteiger partial charge in [0.2, 0.25) is 0 Å². The van der Waals surface area contributed by atoms with Crippen molar-refractivity contribution in [1.29, 1.82) is 0 Å². The fourth-order valence-electron chi connectivity index (χ4n) is 2.42. The van der Waals surface area contributed by atoms with Gasteiger partial charge in [-0.05, 0) is 24.7 Å². The molecule has 0 saturated heterocycles. The van der Waals surface area contributed by atoms with E-state index in [4.69, 9.17) is 5.73 Å². The number of amides is 1. The molecule has 0 bridgehead atoms. The highest BCUT2D eigenvalue weighted by Crippen LogP contribution is 2.34. The molecule has 0 aromatic carbocycles. The molecule has 1 aliphatic rings. The average Bonchev–Trinajstić information content (AvgIpc) is 2.86. The van der Waals surface area contributed by atoms with Gasteiger partial charge in [-0.15, -0.1) is 0 Å². The van der Waals surface area contributed by atoms with E-state index >= 15 is 0 Å². The van der Waals surface area contributed by atoms with Gasteiger partial charge in [0.25, 0.3) is 5.91 Å². The lowest BCUT2D eigenvalue weighted by Crippen LogP contribution is -2.15. The number of nitrogens with zero attached hydrogens (tertiary/aromatic N) is 4. The molecule has 7 heteroatoms. The number of hydrogen-bond acceptors (Lipinski definition) is 5. The Morgan fingerprint density at radius 1 is 1.55 bits per heavy atom. The fourth-order valence-corrected chi connectivity index (χ4v) is 2.76. The monoisotopic (exact) mass is 287 g/mol. The van der Waals surface area contributed by atoms with Crippen molar-refractivity contribution in [3.63, 3.8) is 0 Å². The van der Waals surface area contributed by atoms with E-state index in [-0.39, 0.29) is 0 Å². The molecular weight excluding hydrogens is 274 g/mol. The molecule has 0 fully saturated rings. The van der Waals surface area contributed by atoms with Crippen LogP contribution in [0.25, 0.3) is 17.6 Å². The number of aryl methyl sites for hydroxylation is 1. The Labute approximate surface area is 120 Å². The van der Waals surface area contributed by atoms with Crippen LogP contribution in [0, 0.1) is 0 Å². The molecule has 20 heavy (non-hydrogen) atoms. The van der Waals surface area contributed by atoms with Gasteiger partial charge in [0.15, 0.2) is 10.9 Å². The number of rotatable bonds is 3. The van der Waals surface area contributed by atoms with Crippen molar-refractivity contribution < 1.29 is 4.79 Å². The molecule has 3 rings (SSSR count). The third-order valence-corrected chi connectivity index (χ3v) is 3.87. The van der Waals surface area contributed by atoms with Crippen LogP contribution in [0.15, 0.2) is 17.9 Å². The topological polar surface area (TPSA) is 86.7 Å². The van der Waals surface area contributed by atoms with Crippen molar-refractivity contribution >= 4 is 23.9 Å². The summed E-state index contributed by atoms with van der Waals surface area (Å²) in [4.78, 5) is 20.3. The van der Waals surface area contributed by atoms with E-state index in [0.29, 0.717) is 17.3 Å². The molecule has 6 nitrogen and oxygen atoms in total. The zero-order valence-corrected chi connectivity index (χ0v) is 11.8. The zero-order valence-electron chi connectivity index (χ0n) is 11.0. The second kappa shape index (κ2) is 4.75. The lowest BCUT2D eigenvalue weighted by molar-refractivity contribution is 0.0994. The Kier molecular flexibility index (Phi) is 3.06. The lowest BCUT2D eigenvalue weighted by Gasteiger charge is -2.16. The van der Waals surface area contributed by atoms with Crippen LogP contribution in [-0.4, -0.2) is 31.9 Å². The van der Waals surface area contributed by atoms with Gasteiger partial charge in [-0.3, -0.25) is 4.79 Å². The van der Waals surface area contributed by atoms with Gasteiger partial charge >= 0.3 is 0 Å². The molecule has 2 heterocycles. The SMILES string of the molecule is C=Cn1nc(C(N)=O)c2c1-c1nc(SC)ncc1CC2. The van der Waals surface area contributed by atoms with Gasteiger partial charge in [0.1, 0.15) is 0 Å². The minimum absolute atomic E-state index is 0.301. The first-order valence-corrected chi connectivity index (χ1v) is 7.32. The molecule has 0 radical (unpaired) electrons. The predicted molar refractivity (Wildman–Crippen MR) is 77.3 cm³/mol. The van der Waals surface area contributed by atoms with Crippen LogP contribution in [0.4, 0.5) is 0 Å². The predicted octanol–water partition coefficient (Wildman–Crippen LogP) is 1.36. The van der Waals surface area contributed by atoms with Gasteiger partial charge in [0.05, 0.1) is 11.4 Å². The van der Waals surface area contributed by atoms with Crippen molar-refractivity contribution in [1.82, 2.24) is 19.7 Å².